The maximum Gasteiger partial charge on any atom is 0.266 e. The molecule has 10 nitrogen and oxygen atoms in total. The first-order chi connectivity index (χ1) is 19.1. The van der Waals surface area contributed by atoms with Gasteiger partial charge >= 0.3 is 0 Å². The Morgan fingerprint density at radius 3 is 2.50 bits per heavy atom. The van der Waals surface area contributed by atoms with E-state index in [4.69, 9.17) is 37.4 Å². The summed E-state index contributed by atoms with van der Waals surface area (Å²) in [6, 6.07) is 2.63. The van der Waals surface area contributed by atoms with Crippen LogP contribution in [0, 0.1) is 0 Å². The van der Waals surface area contributed by atoms with Gasteiger partial charge in [-0.2, -0.15) is 0 Å². The predicted octanol–water partition coefficient (Wildman–Crippen LogP) is 4.34. The molecule has 0 bridgehead atoms. The van der Waals surface area contributed by atoms with Crippen molar-refractivity contribution >= 4 is 51.6 Å². The van der Waals surface area contributed by atoms with Crippen LogP contribution >= 0.6 is 23.2 Å². The van der Waals surface area contributed by atoms with Crippen molar-refractivity contribution in [2.24, 2.45) is 0 Å². The molecule has 0 unspecified atom stereocenters. The number of carbonyl (C=O) groups excluding carboxylic acids is 1. The number of fused-ring (bicyclic) bond motifs is 1. The fraction of sp³-hybridized carbons (Fsp3) is 0.385. The van der Waals surface area contributed by atoms with Crippen LogP contribution in [0.1, 0.15) is 6.42 Å². The molecule has 14 heteroatoms. The molecule has 5 rings (SSSR count). The molecule has 2 atom stereocenters. The average Bonchev–Trinajstić information content (AvgIpc) is 3.53. The molecule has 2 N–H and O–H groups in total. The lowest BCUT2D eigenvalue weighted by Gasteiger charge is -2.22. The number of hydrogen-bond acceptors (Lipinski definition) is 9. The van der Waals surface area contributed by atoms with Gasteiger partial charge in [0.25, 0.3) is 5.92 Å². The summed E-state index contributed by atoms with van der Waals surface area (Å²) < 4.78 is 44.9. The van der Waals surface area contributed by atoms with E-state index in [0.717, 1.165) is 0 Å². The molecule has 212 valence electrons. The molecule has 2 aromatic heterocycles. The fourth-order valence-electron chi connectivity index (χ4n) is 4.72. The topological polar surface area (TPSA) is 111 Å². The van der Waals surface area contributed by atoms with Crippen molar-refractivity contribution in [1.29, 1.82) is 0 Å². The third-order valence-electron chi connectivity index (χ3n) is 6.76. The molecule has 2 fully saturated rings. The zero-order chi connectivity index (χ0) is 28.6. The molecule has 0 radical (unpaired) electrons. The number of benzene rings is 1. The monoisotopic (exact) mass is 594 g/mol. The summed E-state index contributed by atoms with van der Waals surface area (Å²) in [6.45, 7) is 3.69. The first kappa shape index (κ1) is 28.1. The maximum absolute atomic E-state index is 14.3. The van der Waals surface area contributed by atoms with E-state index in [2.05, 4.69) is 32.2 Å². The number of nitrogens with zero attached hydrogens (tertiary/aromatic N) is 4. The van der Waals surface area contributed by atoms with Crippen LogP contribution in [0.4, 0.5) is 20.4 Å². The number of methoxy groups -OCH3 is 2. The van der Waals surface area contributed by atoms with Crippen LogP contribution in [-0.4, -0.2) is 79.4 Å². The first-order valence-corrected chi connectivity index (χ1v) is 13.1. The Labute approximate surface area is 238 Å². The number of anilines is 2. The van der Waals surface area contributed by atoms with Gasteiger partial charge in [0.2, 0.25) is 5.91 Å². The van der Waals surface area contributed by atoms with E-state index in [0.29, 0.717) is 29.9 Å². The second kappa shape index (κ2) is 11.2. The molecule has 2 aliphatic heterocycles. The van der Waals surface area contributed by atoms with E-state index in [1.54, 1.807) is 6.07 Å². The summed E-state index contributed by atoms with van der Waals surface area (Å²) in [5.74, 6) is -1.82. The minimum atomic E-state index is -2.88. The van der Waals surface area contributed by atoms with Crippen LogP contribution < -0.4 is 25.0 Å². The smallest absolute Gasteiger partial charge is 0.266 e. The number of nitrogens with one attached hydrogen (secondary N) is 2. The van der Waals surface area contributed by atoms with Gasteiger partial charge in [-0.25, -0.2) is 23.7 Å². The Kier molecular flexibility index (Phi) is 7.85. The highest BCUT2D eigenvalue weighted by atomic mass is 35.5. The summed E-state index contributed by atoms with van der Waals surface area (Å²) in [6.07, 6.45) is 2.38. The molecule has 2 saturated heterocycles. The van der Waals surface area contributed by atoms with Crippen molar-refractivity contribution in [3.05, 3.63) is 41.0 Å². The molecule has 40 heavy (non-hydrogen) atoms. The molecule has 2 aliphatic rings. The van der Waals surface area contributed by atoms with Crippen LogP contribution in [0.3, 0.4) is 0 Å². The van der Waals surface area contributed by atoms with Gasteiger partial charge < -0.3 is 29.7 Å². The lowest BCUT2D eigenvalue weighted by atomic mass is 10.1. The quantitative estimate of drug-likeness (QED) is 0.368. The number of rotatable bonds is 8. The Bertz CT molecular complexity index is 1450. The lowest BCUT2D eigenvalue weighted by Crippen LogP contribution is -2.45. The van der Waals surface area contributed by atoms with E-state index in [-0.39, 0.29) is 69.7 Å². The van der Waals surface area contributed by atoms with Crippen molar-refractivity contribution in [3.63, 3.8) is 0 Å². The fourth-order valence-corrected chi connectivity index (χ4v) is 5.39. The van der Waals surface area contributed by atoms with Gasteiger partial charge in [0.15, 0.2) is 5.82 Å². The molecular weight excluding hydrogens is 569 g/mol. The van der Waals surface area contributed by atoms with Crippen molar-refractivity contribution in [2.45, 2.75) is 24.4 Å². The number of amides is 1. The van der Waals surface area contributed by atoms with Crippen LogP contribution in [0.2, 0.25) is 10.0 Å². The van der Waals surface area contributed by atoms with Gasteiger partial charge in [-0.3, -0.25) is 4.79 Å². The van der Waals surface area contributed by atoms with E-state index in [1.165, 1.54) is 37.5 Å². The Morgan fingerprint density at radius 2 is 1.88 bits per heavy atom. The summed E-state index contributed by atoms with van der Waals surface area (Å²) in [5.41, 5.74) is 0.619. The number of pyridine rings is 1. The van der Waals surface area contributed by atoms with Crippen LogP contribution in [0.15, 0.2) is 31.0 Å². The van der Waals surface area contributed by atoms with Crippen molar-refractivity contribution in [2.75, 3.05) is 50.7 Å². The minimum Gasteiger partial charge on any atom is -0.495 e. The Morgan fingerprint density at radius 1 is 1.18 bits per heavy atom. The van der Waals surface area contributed by atoms with Crippen molar-refractivity contribution < 1.29 is 27.8 Å². The molecule has 1 amide bonds. The van der Waals surface area contributed by atoms with Gasteiger partial charge in [-0.15, -0.1) is 0 Å². The number of aromatic nitrogens is 3. The van der Waals surface area contributed by atoms with E-state index >= 15 is 0 Å². The largest absolute Gasteiger partial charge is 0.495 e. The molecule has 0 saturated carbocycles. The molecule has 4 heterocycles. The summed E-state index contributed by atoms with van der Waals surface area (Å²) in [7, 11) is 2.89. The number of hydrogen-bond donors (Lipinski definition) is 2. The number of halogens is 4. The predicted molar refractivity (Wildman–Crippen MR) is 148 cm³/mol. The van der Waals surface area contributed by atoms with Crippen molar-refractivity contribution in [3.8, 4) is 22.9 Å². The maximum atomic E-state index is 14.3. The standard InChI is InChI=1S/C26H26Cl2F2N6O4/c1-4-20(37)33-16-11-40-10-15(16)32-19-7-13-14(9-31-19)34-24(35-25(13)36-6-5-26(29,30)12-36)21-22(27)17(38-2)8-18(39-3)23(21)28/h4,7-9,15-16H,1,5-6,10-12H2,2-3H3,(H,31,32)(H,33,37)/t15-,16+/m1/s1. The zero-order valence-corrected chi connectivity index (χ0v) is 23.2. The van der Waals surface area contributed by atoms with Gasteiger partial charge in [-0.1, -0.05) is 29.8 Å². The van der Waals surface area contributed by atoms with Gasteiger partial charge in [0, 0.05) is 24.4 Å². The summed E-state index contributed by atoms with van der Waals surface area (Å²) in [4.78, 5) is 27.1. The minimum absolute atomic E-state index is 0.0820. The number of carbonyl (C=O) groups is 1. The van der Waals surface area contributed by atoms with Crippen LogP contribution in [-0.2, 0) is 9.53 Å². The number of alkyl halides is 2. The zero-order valence-electron chi connectivity index (χ0n) is 21.6. The SMILES string of the molecule is C=CC(=O)N[C@H]1COC[C@H]1Nc1cc2c(N3CCC(F)(F)C3)nc(-c3c(Cl)c(OC)cc(OC)c3Cl)nc2cn1. The van der Waals surface area contributed by atoms with E-state index in [9.17, 15) is 13.6 Å². The average molecular weight is 595 g/mol. The van der Waals surface area contributed by atoms with E-state index < -0.39 is 12.5 Å². The molecule has 0 aliphatic carbocycles. The molecule has 0 spiro atoms. The highest BCUT2D eigenvalue weighted by molar-refractivity contribution is 6.41. The summed E-state index contributed by atoms with van der Waals surface area (Å²) in [5, 5.41) is 6.86. The molecule has 1 aromatic carbocycles. The Balaban J connectivity index is 1.60. The molecular formula is C26H26Cl2F2N6O4. The normalized spacial score (nSPS) is 20.0. The van der Waals surface area contributed by atoms with Crippen LogP contribution in [0.5, 0.6) is 11.5 Å². The molecule has 3 aromatic rings. The lowest BCUT2D eigenvalue weighted by molar-refractivity contribution is -0.117. The Hall–Kier alpha value is -3.48. The van der Waals surface area contributed by atoms with Gasteiger partial charge in [-0.05, 0) is 12.1 Å². The third kappa shape index (κ3) is 5.43. The van der Waals surface area contributed by atoms with Gasteiger partial charge in [0.1, 0.15) is 23.1 Å². The highest BCUT2D eigenvalue weighted by Gasteiger charge is 2.40. The highest BCUT2D eigenvalue weighted by Crippen LogP contribution is 2.46. The van der Waals surface area contributed by atoms with Crippen LogP contribution in [0.25, 0.3) is 22.3 Å². The summed E-state index contributed by atoms with van der Waals surface area (Å²) >= 11 is 13.2. The van der Waals surface area contributed by atoms with E-state index in [1.807, 2.05) is 0 Å². The second-order valence-corrected chi connectivity index (χ2v) is 10.1. The third-order valence-corrected chi connectivity index (χ3v) is 7.51. The van der Waals surface area contributed by atoms with Crippen molar-refractivity contribution in [1.82, 2.24) is 20.3 Å². The second-order valence-electron chi connectivity index (χ2n) is 9.38. The van der Waals surface area contributed by atoms with Gasteiger partial charge in [0.05, 0.1) is 73.4 Å². The first-order valence-electron chi connectivity index (χ1n) is 12.3. The number of ether oxygens (including phenoxy) is 3.